The monoisotopic (exact) mass is 248 g/mol. The minimum atomic E-state index is -0.130. The van der Waals surface area contributed by atoms with Gasteiger partial charge in [0.2, 0.25) is 0 Å². The summed E-state index contributed by atoms with van der Waals surface area (Å²) in [4.78, 5) is 12.2. The first-order chi connectivity index (χ1) is 8.57. The van der Waals surface area contributed by atoms with Crippen molar-refractivity contribution >= 4 is 0 Å². The third-order valence-electron chi connectivity index (χ3n) is 5.44. The van der Waals surface area contributed by atoms with E-state index in [1.807, 2.05) is 0 Å². The number of nitrogens with zero attached hydrogens (tertiary/aromatic N) is 3. The van der Waals surface area contributed by atoms with Crippen LogP contribution in [0.4, 0.5) is 0 Å². The molecule has 98 valence electrons. The predicted octanol–water partition coefficient (Wildman–Crippen LogP) is 0.992. The van der Waals surface area contributed by atoms with E-state index >= 15 is 0 Å². The van der Waals surface area contributed by atoms with Gasteiger partial charge in [-0.05, 0) is 63.2 Å². The SMILES string of the molecule is Cc1nn(C23CC4CC(CC(C4)C2)C3)c(=O)n1N. The summed E-state index contributed by atoms with van der Waals surface area (Å²) in [6.45, 7) is 1.80. The Balaban J connectivity index is 1.84. The van der Waals surface area contributed by atoms with Gasteiger partial charge in [0.1, 0.15) is 5.82 Å². The highest BCUT2D eigenvalue weighted by Crippen LogP contribution is 2.58. The standard InChI is InChI=1S/C13H20N4O/c1-8-15-17(12(18)16(8)14)13-5-9-2-10(6-13)4-11(3-9)7-13/h9-11H,2-7,14H2,1H3. The van der Waals surface area contributed by atoms with Crippen molar-refractivity contribution in [1.82, 2.24) is 14.5 Å². The number of nitrogens with two attached hydrogens (primary N) is 1. The number of nitrogen functional groups attached to an aromatic ring is 1. The maximum Gasteiger partial charge on any atom is 0.365 e. The molecule has 0 radical (unpaired) electrons. The molecule has 4 bridgehead atoms. The van der Waals surface area contributed by atoms with Crippen molar-refractivity contribution in [2.24, 2.45) is 17.8 Å². The van der Waals surface area contributed by atoms with Crippen molar-refractivity contribution in [1.29, 1.82) is 0 Å². The summed E-state index contributed by atoms with van der Waals surface area (Å²) in [5.74, 6) is 8.80. The molecule has 0 spiro atoms. The Hall–Kier alpha value is -1.26. The van der Waals surface area contributed by atoms with Crippen LogP contribution in [-0.4, -0.2) is 14.5 Å². The summed E-state index contributed by atoms with van der Waals surface area (Å²) in [7, 11) is 0. The lowest BCUT2D eigenvalue weighted by molar-refractivity contribution is -0.0515. The van der Waals surface area contributed by atoms with Crippen LogP contribution in [0.3, 0.4) is 0 Å². The Morgan fingerprint density at radius 1 is 1.17 bits per heavy atom. The molecule has 1 heterocycles. The van der Waals surface area contributed by atoms with Gasteiger partial charge in [0, 0.05) is 0 Å². The Labute approximate surface area is 106 Å². The second-order valence-electron chi connectivity index (χ2n) is 6.75. The average Bonchev–Trinajstić information content (AvgIpc) is 2.56. The van der Waals surface area contributed by atoms with Gasteiger partial charge in [-0.15, -0.1) is 0 Å². The molecule has 0 atom stereocenters. The highest BCUT2D eigenvalue weighted by molar-refractivity contribution is 5.05. The molecule has 4 aliphatic carbocycles. The Kier molecular flexibility index (Phi) is 1.89. The Morgan fingerprint density at radius 3 is 2.06 bits per heavy atom. The lowest BCUT2D eigenvalue weighted by Crippen LogP contribution is -2.55. The number of aromatic nitrogens is 3. The topological polar surface area (TPSA) is 65.8 Å². The molecule has 0 saturated heterocycles. The van der Waals surface area contributed by atoms with E-state index < -0.39 is 0 Å². The van der Waals surface area contributed by atoms with Crippen molar-refractivity contribution in [3.63, 3.8) is 0 Å². The molecule has 1 aromatic rings. The smallest absolute Gasteiger partial charge is 0.333 e. The van der Waals surface area contributed by atoms with E-state index in [-0.39, 0.29) is 11.2 Å². The zero-order chi connectivity index (χ0) is 12.5. The van der Waals surface area contributed by atoms with Crippen LogP contribution < -0.4 is 11.5 Å². The fourth-order valence-corrected chi connectivity index (χ4v) is 5.11. The van der Waals surface area contributed by atoms with Gasteiger partial charge in [0.05, 0.1) is 5.54 Å². The third kappa shape index (κ3) is 1.22. The van der Waals surface area contributed by atoms with Gasteiger partial charge >= 0.3 is 5.69 Å². The summed E-state index contributed by atoms with van der Waals surface area (Å²) >= 11 is 0. The van der Waals surface area contributed by atoms with E-state index in [9.17, 15) is 4.79 Å². The van der Waals surface area contributed by atoms with E-state index in [1.165, 1.54) is 23.9 Å². The summed E-state index contributed by atoms with van der Waals surface area (Å²) in [5, 5.41) is 4.44. The lowest BCUT2D eigenvalue weighted by Gasteiger charge is -2.56. The molecule has 0 aromatic carbocycles. The number of hydrogen-bond donors (Lipinski definition) is 1. The first-order valence-corrected chi connectivity index (χ1v) is 7.02. The molecule has 4 aliphatic rings. The first kappa shape index (κ1) is 10.6. The lowest BCUT2D eigenvalue weighted by atomic mass is 9.53. The van der Waals surface area contributed by atoms with Crippen molar-refractivity contribution in [3.8, 4) is 0 Å². The normalized spacial score (nSPS) is 41.5. The highest BCUT2D eigenvalue weighted by atomic mass is 16.2. The van der Waals surface area contributed by atoms with Crippen molar-refractivity contribution in [2.75, 3.05) is 5.84 Å². The molecule has 0 aliphatic heterocycles. The number of hydrogen-bond acceptors (Lipinski definition) is 3. The molecule has 1 aromatic heterocycles. The van der Waals surface area contributed by atoms with E-state index in [2.05, 4.69) is 5.10 Å². The van der Waals surface area contributed by atoms with Gasteiger partial charge in [-0.25, -0.2) is 9.48 Å². The summed E-state index contributed by atoms with van der Waals surface area (Å²) < 4.78 is 2.92. The molecule has 5 rings (SSSR count). The number of aryl methyl sites for hydroxylation is 1. The van der Waals surface area contributed by atoms with E-state index in [1.54, 1.807) is 11.6 Å². The second-order valence-corrected chi connectivity index (χ2v) is 6.75. The minimum Gasteiger partial charge on any atom is -0.333 e. The minimum absolute atomic E-state index is 0.0127. The van der Waals surface area contributed by atoms with Crippen LogP contribution in [0.1, 0.15) is 44.3 Å². The van der Waals surface area contributed by atoms with Crippen LogP contribution in [0.2, 0.25) is 0 Å². The average molecular weight is 248 g/mol. The molecule has 0 unspecified atom stereocenters. The maximum absolute atomic E-state index is 12.2. The van der Waals surface area contributed by atoms with Crippen molar-refractivity contribution in [3.05, 3.63) is 16.3 Å². The van der Waals surface area contributed by atoms with Crippen molar-refractivity contribution < 1.29 is 0 Å². The van der Waals surface area contributed by atoms with Gasteiger partial charge in [0.15, 0.2) is 0 Å². The van der Waals surface area contributed by atoms with Crippen LogP contribution in [0.25, 0.3) is 0 Å². The van der Waals surface area contributed by atoms with Crippen LogP contribution in [0, 0.1) is 24.7 Å². The molecular formula is C13H20N4O. The largest absolute Gasteiger partial charge is 0.365 e. The molecule has 4 fully saturated rings. The second kappa shape index (κ2) is 3.19. The van der Waals surface area contributed by atoms with E-state index in [0.29, 0.717) is 5.82 Å². The fraction of sp³-hybridized carbons (Fsp3) is 0.846. The summed E-state index contributed by atoms with van der Waals surface area (Å²) in [5.41, 5.74) is -0.143. The molecule has 0 amide bonds. The molecule has 2 N–H and O–H groups in total. The highest BCUT2D eigenvalue weighted by Gasteiger charge is 2.53. The molecule has 5 heteroatoms. The van der Waals surface area contributed by atoms with Gasteiger partial charge in [-0.1, -0.05) is 0 Å². The molecular weight excluding hydrogens is 228 g/mol. The summed E-state index contributed by atoms with van der Waals surface area (Å²) in [6, 6.07) is 0. The fourth-order valence-electron chi connectivity index (χ4n) is 5.11. The molecule has 4 saturated carbocycles. The zero-order valence-corrected chi connectivity index (χ0v) is 10.8. The van der Waals surface area contributed by atoms with Crippen LogP contribution in [0.5, 0.6) is 0 Å². The Bertz CT molecular complexity index is 521. The van der Waals surface area contributed by atoms with Gasteiger partial charge in [-0.2, -0.15) is 9.77 Å². The molecule has 5 nitrogen and oxygen atoms in total. The quantitative estimate of drug-likeness (QED) is 0.754. The van der Waals surface area contributed by atoms with Gasteiger partial charge in [-0.3, -0.25) is 0 Å². The Morgan fingerprint density at radius 2 is 1.67 bits per heavy atom. The van der Waals surface area contributed by atoms with Crippen LogP contribution in [0.15, 0.2) is 4.79 Å². The van der Waals surface area contributed by atoms with Crippen LogP contribution in [-0.2, 0) is 5.54 Å². The number of rotatable bonds is 1. The van der Waals surface area contributed by atoms with Crippen LogP contribution >= 0.6 is 0 Å². The predicted molar refractivity (Wildman–Crippen MR) is 67.5 cm³/mol. The first-order valence-electron chi connectivity index (χ1n) is 7.02. The zero-order valence-electron chi connectivity index (χ0n) is 10.8. The molecule has 18 heavy (non-hydrogen) atoms. The van der Waals surface area contributed by atoms with Gasteiger partial charge in [0.25, 0.3) is 0 Å². The van der Waals surface area contributed by atoms with E-state index in [0.717, 1.165) is 37.0 Å². The van der Waals surface area contributed by atoms with Gasteiger partial charge < -0.3 is 5.84 Å². The van der Waals surface area contributed by atoms with E-state index in [4.69, 9.17) is 5.84 Å². The third-order valence-corrected chi connectivity index (χ3v) is 5.44. The van der Waals surface area contributed by atoms with Crippen molar-refractivity contribution in [2.45, 2.75) is 51.0 Å². The maximum atomic E-state index is 12.2. The summed E-state index contributed by atoms with van der Waals surface area (Å²) in [6.07, 6.45) is 7.52.